The number of pyridine rings is 1. The van der Waals surface area contributed by atoms with Gasteiger partial charge in [-0.05, 0) is 46.3 Å². The van der Waals surface area contributed by atoms with Crippen LogP contribution in [0, 0.1) is 0 Å². The van der Waals surface area contributed by atoms with Crippen molar-refractivity contribution >= 4 is 49.3 Å². The van der Waals surface area contributed by atoms with Crippen LogP contribution in [0.15, 0.2) is 83.5 Å². The predicted octanol–water partition coefficient (Wildman–Crippen LogP) is 6.66. The van der Waals surface area contributed by atoms with E-state index in [9.17, 15) is 0 Å². The number of fused-ring (bicyclic) bond motifs is 3. The molecule has 0 saturated heterocycles. The second-order valence-corrected chi connectivity index (χ2v) is 7.52. The van der Waals surface area contributed by atoms with Gasteiger partial charge in [-0.2, -0.15) is 5.10 Å². The average Bonchev–Trinajstić information content (AvgIpc) is 3.11. The number of benzene rings is 3. The number of hydrogen-bond acceptors (Lipinski definition) is 2. The van der Waals surface area contributed by atoms with Crippen LogP contribution in [0.25, 0.3) is 38.8 Å². The lowest BCUT2D eigenvalue weighted by atomic mass is 10.1. The first-order chi connectivity index (χ1) is 13.2. The number of rotatable bonds is 2. The molecule has 3 aromatic carbocycles. The number of para-hydroxylation sites is 2. The van der Waals surface area contributed by atoms with Gasteiger partial charge in [-0.1, -0.05) is 54.1 Å². The summed E-state index contributed by atoms with van der Waals surface area (Å²) >= 11 is 9.79. The Morgan fingerprint density at radius 3 is 2.44 bits per heavy atom. The topological polar surface area (TPSA) is 30.7 Å². The smallest absolute Gasteiger partial charge is 0.102 e. The Morgan fingerprint density at radius 2 is 1.63 bits per heavy atom. The first-order valence-electron chi connectivity index (χ1n) is 8.50. The van der Waals surface area contributed by atoms with Crippen LogP contribution in [0.4, 0.5) is 0 Å². The van der Waals surface area contributed by atoms with Crippen molar-refractivity contribution in [2.45, 2.75) is 0 Å². The highest BCUT2D eigenvalue weighted by atomic mass is 79.9. The van der Waals surface area contributed by atoms with Gasteiger partial charge in [0, 0.05) is 27.0 Å². The highest BCUT2D eigenvalue weighted by molar-refractivity contribution is 9.10. The highest BCUT2D eigenvalue weighted by Gasteiger charge is 2.17. The maximum absolute atomic E-state index is 6.34. The lowest BCUT2D eigenvalue weighted by Gasteiger charge is -2.05. The minimum atomic E-state index is 0.656. The van der Waals surface area contributed by atoms with Gasteiger partial charge >= 0.3 is 0 Å². The number of halogens is 2. The van der Waals surface area contributed by atoms with Gasteiger partial charge in [-0.15, -0.1) is 0 Å². The average molecular weight is 435 g/mol. The van der Waals surface area contributed by atoms with E-state index in [2.05, 4.69) is 39.1 Å². The van der Waals surface area contributed by atoms with E-state index in [0.29, 0.717) is 5.02 Å². The van der Waals surface area contributed by atoms with E-state index in [1.807, 2.05) is 65.5 Å². The molecule has 0 N–H and O–H groups in total. The maximum atomic E-state index is 6.34. The first kappa shape index (κ1) is 16.5. The summed E-state index contributed by atoms with van der Waals surface area (Å²) in [6, 6.07) is 24.2. The second-order valence-electron chi connectivity index (χ2n) is 6.26. The van der Waals surface area contributed by atoms with Gasteiger partial charge in [0.2, 0.25) is 0 Å². The molecule has 0 saturated carbocycles. The van der Waals surface area contributed by atoms with Gasteiger partial charge in [0.1, 0.15) is 5.69 Å². The molecule has 0 fully saturated rings. The van der Waals surface area contributed by atoms with E-state index in [-0.39, 0.29) is 0 Å². The van der Waals surface area contributed by atoms with Crippen LogP contribution in [0.1, 0.15) is 0 Å². The van der Waals surface area contributed by atoms with Gasteiger partial charge < -0.3 is 0 Å². The molecule has 2 aromatic heterocycles. The quantitative estimate of drug-likeness (QED) is 0.311. The molecule has 0 aliphatic rings. The largest absolute Gasteiger partial charge is 0.255 e. The Bertz CT molecular complexity index is 1300. The fourth-order valence-electron chi connectivity index (χ4n) is 3.34. The summed E-state index contributed by atoms with van der Waals surface area (Å²) in [7, 11) is 0. The molecule has 5 rings (SSSR count). The Balaban J connectivity index is 1.90. The monoisotopic (exact) mass is 433 g/mol. The van der Waals surface area contributed by atoms with Crippen LogP contribution >= 0.6 is 27.5 Å². The predicted molar refractivity (Wildman–Crippen MR) is 115 cm³/mol. The Labute approximate surface area is 169 Å². The molecular formula is C22H13BrClN3. The molecule has 0 aliphatic carbocycles. The van der Waals surface area contributed by atoms with Gasteiger partial charge in [-0.25, -0.2) is 4.68 Å². The third-order valence-electron chi connectivity index (χ3n) is 4.61. The van der Waals surface area contributed by atoms with Crippen molar-refractivity contribution in [1.82, 2.24) is 14.8 Å². The van der Waals surface area contributed by atoms with Crippen LogP contribution in [0.3, 0.4) is 0 Å². The normalized spacial score (nSPS) is 11.3. The molecule has 5 aromatic rings. The van der Waals surface area contributed by atoms with Crippen LogP contribution in [0.5, 0.6) is 0 Å². The molecule has 3 nitrogen and oxygen atoms in total. The zero-order chi connectivity index (χ0) is 18.4. The van der Waals surface area contributed by atoms with E-state index < -0.39 is 0 Å². The van der Waals surface area contributed by atoms with Gasteiger partial charge in [0.05, 0.1) is 21.7 Å². The third-order valence-corrected chi connectivity index (χ3v) is 5.84. The lowest BCUT2D eigenvalue weighted by molar-refractivity contribution is 0.918. The summed E-state index contributed by atoms with van der Waals surface area (Å²) in [6.45, 7) is 0. The number of aromatic nitrogens is 3. The molecule has 0 atom stereocenters. The molecule has 0 unspecified atom stereocenters. The second kappa shape index (κ2) is 6.48. The summed E-state index contributed by atoms with van der Waals surface area (Å²) in [5.74, 6) is 0. The molecule has 130 valence electrons. The SMILES string of the molecule is Clc1cc(-c2nn(-c3ccccc3)c3c2cnc2ccccc23)ccc1Br. The third kappa shape index (κ3) is 2.73. The molecule has 0 spiro atoms. The van der Waals surface area contributed by atoms with Crippen molar-refractivity contribution in [3.05, 3.63) is 88.5 Å². The van der Waals surface area contributed by atoms with Gasteiger partial charge in [0.15, 0.2) is 0 Å². The van der Waals surface area contributed by atoms with E-state index in [1.54, 1.807) is 0 Å². The van der Waals surface area contributed by atoms with E-state index in [0.717, 1.165) is 43.2 Å². The first-order valence-corrected chi connectivity index (χ1v) is 9.67. The fourth-order valence-corrected chi connectivity index (χ4v) is 3.77. The van der Waals surface area contributed by atoms with E-state index in [4.69, 9.17) is 16.7 Å². The van der Waals surface area contributed by atoms with Crippen LogP contribution < -0.4 is 0 Å². The van der Waals surface area contributed by atoms with E-state index >= 15 is 0 Å². The van der Waals surface area contributed by atoms with Gasteiger partial charge in [0.25, 0.3) is 0 Å². The Kier molecular flexibility index (Phi) is 3.96. The summed E-state index contributed by atoms with van der Waals surface area (Å²) < 4.78 is 2.85. The van der Waals surface area contributed by atoms with Crippen LogP contribution in [0.2, 0.25) is 5.02 Å². The minimum absolute atomic E-state index is 0.656. The molecule has 5 heteroatoms. The van der Waals surface area contributed by atoms with Crippen molar-refractivity contribution in [3.63, 3.8) is 0 Å². The Morgan fingerprint density at radius 1 is 0.852 bits per heavy atom. The van der Waals surface area contributed by atoms with E-state index in [1.165, 1.54) is 0 Å². The Hall–Kier alpha value is -2.69. The summed E-state index contributed by atoms with van der Waals surface area (Å²) in [5, 5.41) is 7.68. The minimum Gasteiger partial charge on any atom is -0.255 e. The highest BCUT2D eigenvalue weighted by Crippen LogP contribution is 2.35. The fraction of sp³-hybridized carbons (Fsp3) is 0. The zero-order valence-corrected chi connectivity index (χ0v) is 16.4. The maximum Gasteiger partial charge on any atom is 0.102 e. The lowest BCUT2D eigenvalue weighted by Crippen LogP contribution is -1.96. The summed E-state index contributed by atoms with van der Waals surface area (Å²) in [4.78, 5) is 4.65. The molecule has 0 amide bonds. The van der Waals surface area contributed by atoms with Gasteiger partial charge in [-0.3, -0.25) is 4.98 Å². The molecule has 0 bridgehead atoms. The zero-order valence-electron chi connectivity index (χ0n) is 14.1. The molecule has 0 radical (unpaired) electrons. The van der Waals surface area contributed by atoms with Crippen molar-refractivity contribution in [3.8, 4) is 16.9 Å². The summed E-state index contributed by atoms with van der Waals surface area (Å²) in [5.41, 5.74) is 4.82. The van der Waals surface area contributed by atoms with Crippen molar-refractivity contribution in [2.75, 3.05) is 0 Å². The number of hydrogen-bond donors (Lipinski definition) is 0. The molecular weight excluding hydrogens is 422 g/mol. The van der Waals surface area contributed by atoms with Crippen LogP contribution in [-0.4, -0.2) is 14.8 Å². The molecule has 27 heavy (non-hydrogen) atoms. The molecule has 0 aliphatic heterocycles. The molecule has 2 heterocycles. The standard InChI is InChI=1S/C22H13BrClN3/c23-18-11-10-14(12-19(18)24)21-17-13-25-20-9-5-4-8-16(20)22(17)27(26-21)15-6-2-1-3-7-15/h1-13H. The van der Waals surface area contributed by atoms with Crippen molar-refractivity contribution in [1.29, 1.82) is 0 Å². The van der Waals surface area contributed by atoms with Crippen molar-refractivity contribution < 1.29 is 0 Å². The van der Waals surface area contributed by atoms with Crippen molar-refractivity contribution in [2.24, 2.45) is 0 Å². The summed E-state index contributed by atoms with van der Waals surface area (Å²) in [6.07, 6.45) is 1.90. The number of nitrogens with zero attached hydrogens (tertiary/aromatic N) is 3. The van der Waals surface area contributed by atoms with Crippen LogP contribution in [-0.2, 0) is 0 Å².